The number of carbonyl (C=O) groups excluding carboxylic acids is 2. The molecule has 2 atom stereocenters. The Bertz CT molecular complexity index is 536. The second-order valence-corrected chi connectivity index (χ2v) is 4.65. The highest BCUT2D eigenvalue weighted by molar-refractivity contribution is 5.94. The third-order valence-electron chi connectivity index (χ3n) is 3.03. The number of nitrogens with zero attached hydrogens (tertiary/aromatic N) is 1. The maximum absolute atomic E-state index is 12.0. The molecule has 112 valence electrons. The van der Waals surface area contributed by atoms with Gasteiger partial charge in [-0.3, -0.25) is 14.8 Å². The Morgan fingerprint density at radius 3 is 2.43 bits per heavy atom. The van der Waals surface area contributed by atoms with Crippen LogP contribution in [0.5, 0.6) is 0 Å². The van der Waals surface area contributed by atoms with E-state index in [1.165, 1.54) is 29.7 Å². The number of hydroxylamine groups is 1. The van der Waals surface area contributed by atoms with Crippen LogP contribution >= 0.6 is 0 Å². The van der Waals surface area contributed by atoms with Crippen LogP contribution in [0.3, 0.4) is 0 Å². The van der Waals surface area contributed by atoms with Crippen molar-refractivity contribution in [3.63, 3.8) is 0 Å². The summed E-state index contributed by atoms with van der Waals surface area (Å²) >= 11 is 0. The quantitative estimate of drug-likeness (QED) is 0.440. The van der Waals surface area contributed by atoms with Crippen LogP contribution in [-0.4, -0.2) is 34.8 Å². The van der Waals surface area contributed by atoms with E-state index < -0.39 is 23.8 Å². The van der Waals surface area contributed by atoms with Gasteiger partial charge in [-0.25, -0.2) is 5.48 Å². The molecule has 7 nitrogen and oxygen atoms in total. The van der Waals surface area contributed by atoms with Gasteiger partial charge in [-0.05, 0) is 30.7 Å². The van der Waals surface area contributed by atoms with E-state index in [-0.39, 0.29) is 13.0 Å². The summed E-state index contributed by atoms with van der Waals surface area (Å²) < 4.78 is 0. The fourth-order valence-electron chi connectivity index (χ4n) is 1.79. The van der Waals surface area contributed by atoms with E-state index in [9.17, 15) is 14.7 Å². The molecule has 7 heteroatoms. The second-order valence-electron chi connectivity index (χ2n) is 4.65. The largest absolute Gasteiger partial charge is 0.394 e. The first-order chi connectivity index (χ1) is 10.0. The Hall–Kier alpha value is -2.43. The smallest absolute Gasteiger partial charge is 0.251 e. The Morgan fingerprint density at radius 2 is 1.95 bits per heavy atom. The van der Waals surface area contributed by atoms with E-state index in [0.717, 1.165) is 0 Å². The fourth-order valence-corrected chi connectivity index (χ4v) is 1.79. The normalized spacial score (nSPS) is 12.9. The van der Waals surface area contributed by atoms with E-state index in [4.69, 9.17) is 10.5 Å². The van der Waals surface area contributed by atoms with Gasteiger partial charge in [0.2, 0.25) is 5.91 Å². The molecule has 1 aromatic carbocycles. The summed E-state index contributed by atoms with van der Waals surface area (Å²) in [5, 5.41) is 29.1. The third-order valence-corrected chi connectivity index (χ3v) is 3.03. The molecule has 0 saturated carbocycles. The van der Waals surface area contributed by atoms with Gasteiger partial charge in [0.25, 0.3) is 5.91 Å². The summed E-state index contributed by atoms with van der Waals surface area (Å²) in [4.78, 5) is 23.2. The van der Waals surface area contributed by atoms with Crippen molar-refractivity contribution in [2.45, 2.75) is 19.4 Å². The molecule has 0 aliphatic heterocycles. The molecule has 0 aromatic heterocycles. The van der Waals surface area contributed by atoms with Crippen LogP contribution < -0.4 is 10.8 Å². The molecule has 0 aliphatic carbocycles. The number of aliphatic hydroxyl groups is 1. The van der Waals surface area contributed by atoms with Crippen LogP contribution in [0, 0.1) is 17.2 Å². The third kappa shape index (κ3) is 4.87. The summed E-state index contributed by atoms with van der Waals surface area (Å²) in [6.45, 7) is 1.24. The lowest BCUT2D eigenvalue weighted by Crippen LogP contribution is -2.40. The van der Waals surface area contributed by atoms with Crippen molar-refractivity contribution in [1.29, 1.82) is 5.26 Å². The lowest BCUT2D eigenvalue weighted by molar-refractivity contribution is -0.133. The van der Waals surface area contributed by atoms with Gasteiger partial charge in [0.1, 0.15) is 0 Å². The Labute approximate surface area is 122 Å². The van der Waals surface area contributed by atoms with Crippen LogP contribution in [0.15, 0.2) is 24.3 Å². The Kier molecular flexibility index (Phi) is 6.33. The first kappa shape index (κ1) is 16.6. The van der Waals surface area contributed by atoms with Crippen molar-refractivity contribution in [1.82, 2.24) is 10.8 Å². The number of nitriles is 1. The minimum atomic E-state index is -0.611. The van der Waals surface area contributed by atoms with Gasteiger partial charge in [-0.15, -0.1) is 0 Å². The zero-order chi connectivity index (χ0) is 15.8. The van der Waals surface area contributed by atoms with Gasteiger partial charge < -0.3 is 10.4 Å². The number of amides is 2. The van der Waals surface area contributed by atoms with Crippen LogP contribution in [0.25, 0.3) is 0 Å². The molecular formula is C14H17N3O4. The van der Waals surface area contributed by atoms with Crippen molar-refractivity contribution >= 4 is 11.8 Å². The highest BCUT2D eigenvalue weighted by Gasteiger charge is 2.20. The highest BCUT2D eigenvalue weighted by atomic mass is 16.5. The first-order valence-electron chi connectivity index (χ1n) is 6.37. The van der Waals surface area contributed by atoms with Gasteiger partial charge in [0.15, 0.2) is 0 Å². The fraction of sp³-hybridized carbons (Fsp3) is 0.357. The summed E-state index contributed by atoms with van der Waals surface area (Å²) in [6.07, 6.45) is 0.185. The predicted molar refractivity (Wildman–Crippen MR) is 73.2 cm³/mol. The molecule has 4 N–H and O–H groups in total. The monoisotopic (exact) mass is 291 g/mol. The van der Waals surface area contributed by atoms with Crippen molar-refractivity contribution in [2.24, 2.45) is 5.92 Å². The molecule has 0 unspecified atom stereocenters. The van der Waals surface area contributed by atoms with E-state index >= 15 is 0 Å². The van der Waals surface area contributed by atoms with Crippen molar-refractivity contribution in [3.05, 3.63) is 35.4 Å². The van der Waals surface area contributed by atoms with E-state index in [0.29, 0.717) is 11.1 Å². The lowest BCUT2D eigenvalue weighted by atomic mass is 10.0. The SMILES string of the molecule is C[C@@H](C[C@@H](CO)NC(=O)c1ccc(C#N)cc1)C(=O)NO. The maximum atomic E-state index is 12.0. The van der Waals surface area contributed by atoms with E-state index in [2.05, 4.69) is 5.32 Å². The van der Waals surface area contributed by atoms with Gasteiger partial charge in [-0.2, -0.15) is 5.26 Å². The van der Waals surface area contributed by atoms with Crippen LogP contribution in [0.4, 0.5) is 0 Å². The minimum Gasteiger partial charge on any atom is -0.394 e. The Morgan fingerprint density at radius 1 is 1.33 bits per heavy atom. The molecule has 0 saturated heterocycles. The lowest BCUT2D eigenvalue weighted by Gasteiger charge is -2.19. The number of hydrogen-bond acceptors (Lipinski definition) is 5. The molecule has 0 spiro atoms. The molecule has 0 radical (unpaired) electrons. The molecular weight excluding hydrogens is 274 g/mol. The number of carbonyl (C=O) groups is 2. The summed E-state index contributed by atoms with van der Waals surface area (Å²) in [6, 6.07) is 7.39. The van der Waals surface area contributed by atoms with Gasteiger partial charge >= 0.3 is 0 Å². The predicted octanol–water partition coefficient (Wildman–Crippen LogP) is 0.181. The molecule has 0 aliphatic rings. The summed E-state index contributed by atoms with van der Waals surface area (Å²) in [5.74, 6) is -1.55. The minimum absolute atomic E-state index is 0.185. The average molecular weight is 291 g/mol. The summed E-state index contributed by atoms with van der Waals surface area (Å²) in [7, 11) is 0. The second kappa shape index (κ2) is 7.99. The van der Waals surface area contributed by atoms with Crippen molar-refractivity contribution in [2.75, 3.05) is 6.61 Å². The average Bonchev–Trinajstić information content (AvgIpc) is 2.53. The highest BCUT2D eigenvalue weighted by Crippen LogP contribution is 2.08. The number of aliphatic hydroxyl groups excluding tert-OH is 1. The van der Waals surface area contributed by atoms with Crippen molar-refractivity contribution < 1.29 is 19.9 Å². The molecule has 0 bridgehead atoms. The topological polar surface area (TPSA) is 122 Å². The molecule has 1 aromatic rings. The van der Waals surface area contributed by atoms with Crippen molar-refractivity contribution in [3.8, 4) is 6.07 Å². The van der Waals surface area contributed by atoms with E-state index in [1.807, 2.05) is 6.07 Å². The van der Waals surface area contributed by atoms with E-state index in [1.54, 1.807) is 6.92 Å². The number of nitrogens with one attached hydrogen (secondary N) is 2. The maximum Gasteiger partial charge on any atom is 0.251 e. The number of benzene rings is 1. The molecule has 1 rings (SSSR count). The zero-order valence-electron chi connectivity index (χ0n) is 11.5. The molecule has 0 fully saturated rings. The summed E-state index contributed by atoms with van der Waals surface area (Å²) in [5.41, 5.74) is 2.32. The van der Waals surface area contributed by atoms with Gasteiger partial charge in [-0.1, -0.05) is 6.92 Å². The van der Waals surface area contributed by atoms with Crippen LogP contribution in [-0.2, 0) is 4.79 Å². The van der Waals surface area contributed by atoms with Gasteiger partial charge in [0, 0.05) is 11.5 Å². The number of hydrogen-bond donors (Lipinski definition) is 4. The molecule has 21 heavy (non-hydrogen) atoms. The zero-order valence-corrected chi connectivity index (χ0v) is 11.5. The Balaban J connectivity index is 2.65. The van der Waals surface area contributed by atoms with Crippen LogP contribution in [0.2, 0.25) is 0 Å². The molecule has 0 heterocycles. The van der Waals surface area contributed by atoms with Gasteiger partial charge in [0.05, 0.1) is 24.3 Å². The number of rotatable bonds is 6. The molecule has 2 amide bonds. The first-order valence-corrected chi connectivity index (χ1v) is 6.37. The standard InChI is InChI=1S/C14H17N3O4/c1-9(13(19)17-21)6-12(8-18)16-14(20)11-4-2-10(7-15)3-5-11/h2-5,9,12,18,21H,6,8H2,1H3,(H,16,20)(H,17,19)/t9-,12-/m0/s1. The van der Waals surface area contributed by atoms with Crippen LogP contribution in [0.1, 0.15) is 29.3 Å².